The predicted molar refractivity (Wildman–Crippen MR) is 81.7 cm³/mol. The number of piperidine rings is 1. The third-order valence-corrected chi connectivity index (χ3v) is 4.19. The molecular weight excluding hydrogens is 296 g/mol. The van der Waals surface area contributed by atoms with Crippen molar-refractivity contribution in [2.45, 2.75) is 31.6 Å². The Hall–Kier alpha value is -2.10. The van der Waals surface area contributed by atoms with Gasteiger partial charge in [-0.25, -0.2) is 0 Å². The first kappa shape index (κ1) is 15.8. The maximum Gasteiger partial charge on any atom is 0.260 e. The van der Waals surface area contributed by atoms with E-state index in [1.807, 2.05) is 0 Å². The average molecular weight is 316 g/mol. The van der Waals surface area contributed by atoms with E-state index < -0.39 is 0 Å². The molecule has 0 aromatic heterocycles. The third kappa shape index (κ3) is 3.63. The summed E-state index contributed by atoms with van der Waals surface area (Å²) in [5.41, 5.74) is 0.429. The minimum atomic E-state index is -0.328. The summed E-state index contributed by atoms with van der Waals surface area (Å²) in [7, 11) is 0. The molecule has 0 bridgehead atoms. The van der Waals surface area contributed by atoms with Crippen molar-refractivity contribution in [3.8, 4) is 11.8 Å². The van der Waals surface area contributed by atoms with Gasteiger partial charge in [0.1, 0.15) is 11.8 Å². The van der Waals surface area contributed by atoms with Crippen LogP contribution in [-0.2, 0) is 14.3 Å². The Balaban J connectivity index is 1.63. The maximum atomic E-state index is 12.5. The quantitative estimate of drug-likeness (QED) is 0.845. The Morgan fingerprint density at radius 1 is 1.30 bits per heavy atom. The second kappa shape index (κ2) is 7.44. The Bertz CT molecular complexity index is 593. The lowest BCUT2D eigenvalue weighted by atomic mass is 10.0. The third-order valence-electron chi connectivity index (χ3n) is 4.19. The molecule has 2 fully saturated rings. The van der Waals surface area contributed by atoms with Crippen LogP contribution >= 0.6 is 0 Å². The van der Waals surface area contributed by atoms with E-state index in [0.29, 0.717) is 31.1 Å². The number of hydrogen-bond acceptors (Lipinski definition) is 5. The molecule has 2 aliphatic rings. The van der Waals surface area contributed by atoms with Crippen LogP contribution in [0.25, 0.3) is 0 Å². The molecule has 0 aliphatic carbocycles. The number of amides is 1. The zero-order valence-electron chi connectivity index (χ0n) is 12.9. The van der Waals surface area contributed by atoms with Crippen molar-refractivity contribution >= 4 is 5.91 Å². The molecule has 1 aromatic rings. The predicted octanol–water partition coefficient (Wildman–Crippen LogP) is 1.69. The van der Waals surface area contributed by atoms with Crippen LogP contribution in [0.4, 0.5) is 0 Å². The first-order chi connectivity index (χ1) is 11.3. The summed E-state index contributed by atoms with van der Waals surface area (Å²) in [6.45, 7) is 1.77. The van der Waals surface area contributed by atoms with E-state index in [-0.39, 0.29) is 24.8 Å². The van der Waals surface area contributed by atoms with Gasteiger partial charge in [-0.05, 0) is 31.4 Å². The number of rotatable bonds is 4. The van der Waals surface area contributed by atoms with E-state index in [2.05, 4.69) is 6.07 Å². The second-order valence-corrected chi connectivity index (χ2v) is 5.66. The maximum absolute atomic E-state index is 12.5. The number of carbonyl (C=O) groups excluding carboxylic acids is 1. The smallest absolute Gasteiger partial charge is 0.260 e. The lowest BCUT2D eigenvalue weighted by Crippen LogP contribution is -2.51. The van der Waals surface area contributed by atoms with Crippen molar-refractivity contribution in [2.75, 3.05) is 26.4 Å². The van der Waals surface area contributed by atoms with E-state index >= 15 is 0 Å². The molecule has 2 heterocycles. The molecule has 6 heteroatoms. The van der Waals surface area contributed by atoms with Gasteiger partial charge >= 0.3 is 0 Å². The SMILES string of the molecule is N#Cc1ccccc1OCC(=O)N1CCCCC1C1OCCO1. The minimum Gasteiger partial charge on any atom is -0.482 e. The summed E-state index contributed by atoms with van der Waals surface area (Å²) >= 11 is 0. The van der Waals surface area contributed by atoms with Gasteiger partial charge in [-0.3, -0.25) is 4.79 Å². The van der Waals surface area contributed by atoms with Crippen LogP contribution in [0.15, 0.2) is 24.3 Å². The highest BCUT2D eigenvalue weighted by atomic mass is 16.7. The number of benzene rings is 1. The van der Waals surface area contributed by atoms with Gasteiger partial charge in [0, 0.05) is 6.54 Å². The van der Waals surface area contributed by atoms with Crippen LogP contribution in [-0.4, -0.2) is 49.5 Å². The molecule has 0 N–H and O–H groups in total. The molecule has 122 valence electrons. The van der Waals surface area contributed by atoms with Gasteiger partial charge in [0.15, 0.2) is 12.9 Å². The molecule has 1 amide bonds. The summed E-state index contributed by atoms with van der Waals surface area (Å²) in [6, 6.07) is 8.93. The van der Waals surface area contributed by atoms with Gasteiger partial charge in [0.05, 0.1) is 24.8 Å². The van der Waals surface area contributed by atoms with E-state index in [9.17, 15) is 4.79 Å². The second-order valence-electron chi connectivity index (χ2n) is 5.66. The molecule has 23 heavy (non-hydrogen) atoms. The van der Waals surface area contributed by atoms with Crippen LogP contribution in [0.2, 0.25) is 0 Å². The lowest BCUT2D eigenvalue weighted by Gasteiger charge is -2.37. The molecule has 6 nitrogen and oxygen atoms in total. The van der Waals surface area contributed by atoms with E-state index in [1.165, 1.54) is 0 Å². The molecule has 0 saturated carbocycles. The van der Waals surface area contributed by atoms with Crippen LogP contribution in [0.1, 0.15) is 24.8 Å². The standard InChI is InChI=1S/C17H20N2O4/c18-11-13-5-1-2-7-15(13)23-12-16(20)19-8-4-3-6-14(19)17-21-9-10-22-17/h1-2,5,7,14,17H,3-4,6,8-10,12H2. The number of hydrogen-bond donors (Lipinski definition) is 0. The largest absolute Gasteiger partial charge is 0.482 e. The molecular formula is C17H20N2O4. The number of nitrogens with zero attached hydrogens (tertiary/aromatic N) is 2. The number of carbonyl (C=O) groups is 1. The fraction of sp³-hybridized carbons (Fsp3) is 0.529. The van der Waals surface area contributed by atoms with Crippen LogP contribution < -0.4 is 4.74 Å². The normalized spacial score (nSPS) is 21.9. The number of likely N-dealkylation sites (tertiary alicyclic amines) is 1. The van der Waals surface area contributed by atoms with Crippen molar-refractivity contribution < 1.29 is 19.0 Å². The first-order valence-electron chi connectivity index (χ1n) is 7.94. The molecule has 1 atom stereocenters. The molecule has 2 saturated heterocycles. The fourth-order valence-corrected chi connectivity index (χ4v) is 3.06. The van der Waals surface area contributed by atoms with E-state index in [4.69, 9.17) is 19.5 Å². The van der Waals surface area contributed by atoms with Crippen LogP contribution in [0.5, 0.6) is 5.75 Å². The van der Waals surface area contributed by atoms with Crippen molar-refractivity contribution in [3.05, 3.63) is 29.8 Å². The van der Waals surface area contributed by atoms with Crippen LogP contribution in [0.3, 0.4) is 0 Å². The van der Waals surface area contributed by atoms with Crippen molar-refractivity contribution in [1.82, 2.24) is 4.90 Å². The highest BCUT2D eigenvalue weighted by Crippen LogP contribution is 2.25. The van der Waals surface area contributed by atoms with Gasteiger partial charge in [-0.2, -0.15) is 5.26 Å². The zero-order valence-corrected chi connectivity index (χ0v) is 12.9. The highest BCUT2D eigenvalue weighted by Gasteiger charge is 2.36. The molecule has 0 radical (unpaired) electrons. The van der Waals surface area contributed by atoms with Gasteiger partial charge in [0.25, 0.3) is 5.91 Å². The Morgan fingerprint density at radius 2 is 2.09 bits per heavy atom. The molecule has 3 rings (SSSR count). The number of para-hydroxylation sites is 1. The monoisotopic (exact) mass is 316 g/mol. The highest BCUT2D eigenvalue weighted by molar-refractivity contribution is 5.78. The number of ether oxygens (including phenoxy) is 3. The van der Waals surface area contributed by atoms with Crippen molar-refractivity contribution in [2.24, 2.45) is 0 Å². The first-order valence-corrected chi connectivity index (χ1v) is 7.94. The van der Waals surface area contributed by atoms with Gasteiger partial charge in [-0.1, -0.05) is 12.1 Å². The summed E-state index contributed by atoms with van der Waals surface area (Å²) in [5.74, 6) is 0.340. The Labute approximate surface area is 135 Å². The Kier molecular flexibility index (Phi) is 5.11. The average Bonchev–Trinajstić information content (AvgIpc) is 3.14. The van der Waals surface area contributed by atoms with Crippen molar-refractivity contribution in [1.29, 1.82) is 5.26 Å². The lowest BCUT2D eigenvalue weighted by molar-refractivity contribution is -0.152. The topological polar surface area (TPSA) is 71.8 Å². The molecule has 1 unspecified atom stereocenters. The van der Waals surface area contributed by atoms with Gasteiger partial charge in [0.2, 0.25) is 0 Å². The van der Waals surface area contributed by atoms with E-state index in [0.717, 1.165) is 19.3 Å². The van der Waals surface area contributed by atoms with E-state index in [1.54, 1.807) is 29.2 Å². The van der Waals surface area contributed by atoms with Gasteiger partial charge in [-0.15, -0.1) is 0 Å². The van der Waals surface area contributed by atoms with Crippen molar-refractivity contribution in [3.63, 3.8) is 0 Å². The molecule has 2 aliphatic heterocycles. The zero-order chi connectivity index (χ0) is 16.1. The summed E-state index contributed by atoms with van der Waals surface area (Å²) < 4.78 is 16.7. The molecule has 0 spiro atoms. The minimum absolute atomic E-state index is 0.0476. The van der Waals surface area contributed by atoms with Crippen LogP contribution in [0, 0.1) is 11.3 Å². The fourth-order valence-electron chi connectivity index (χ4n) is 3.06. The molecule has 1 aromatic carbocycles. The van der Waals surface area contributed by atoms with Gasteiger partial charge < -0.3 is 19.1 Å². The number of nitriles is 1. The summed E-state index contributed by atoms with van der Waals surface area (Å²) in [5, 5.41) is 9.06. The Morgan fingerprint density at radius 3 is 2.87 bits per heavy atom. The summed E-state index contributed by atoms with van der Waals surface area (Å²) in [4.78, 5) is 14.3. The summed E-state index contributed by atoms with van der Waals surface area (Å²) in [6.07, 6.45) is 2.59.